The van der Waals surface area contributed by atoms with Crippen molar-refractivity contribution in [3.8, 4) is 5.75 Å². The van der Waals surface area contributed by atoms with Gasteiger partial charge in [-0.15, -0.1) is 0 Å². The van der Waals surface area contributed by atoms with Crippen molar-refractivity contribution in [3.63, 3.8) is 0 Å². The standard InChI is InChI=1S/C22H20Cl2N2O3S/c1-4-13(3)29-19-8-6-14(10-18(19)24)9-16-20(27)25-22(30)26(21(16)28)15-7-5-12(2)17(23)11-15/h5-11,13H,4H2,1-3H3,(H,25,27,30)/b16-9+/t13-/m1/s1. The lowest BCUT2D eigenvalue weighted by Gasteiger charge is -2.29. The van der Waals surface area contributed by atoms with E-state index in [0.29, 0.717) is 27.0 Å². The average molecular weight is 463 g/mol. The molecule has 0 unspecified atom stereocenters. The molecule has 1 atom stereocenters. The third-order valence-electron chi connectivity index (χ3n) is 4.69. The first-order chi connectivity index (χ1) is 14.2. The van der Waals surface area contributed by atoms with Gasteiger partial charge in [0.1, 0.15) is 11.3 Å². The Hall–Kier alpha value is -2.41. The van der Waals surface area contributed by atoms with Crippen LogP contribution in [-0.2, 0) is 9.59 Å². The molecule has 0 radical (unpaired) electrons. The van der Waals surface area contributed by atoms with Crippen molar-refractivity contribution in [1.29, 1.82) is 0 Å². The molecule has 3 rings (SSSR count). The van der Waals surface area contributed by atoms with E-state index in [1.54, 1.807) is 36.4 Å². The molecule has 1 heterocycles. The Morgan fingerprint density at radius 2 is 1.90 bits per heavy atom. The zero-order chi connectivity index (χ0) is 22.0. The minimum Gasteiger partial charge on any atom is -0.489 e. The molecule has 1 N–H and O–H groups in total. The van der Waals surface area contributed by atoms with Crippen LogP contribution in [0, 0.1) is 6.92 Å². The SMILES string of the molecule is CC[C@@H](C)Oc1ccc(/C=C2\C(=O)NC(=S)N(c3ccc(C)c(Cl)c3)C2=O)cc1Cl. The van der Waals surface area contributed by atoms with Gasteiger partial charge in [0.2, 0.25) is 0 Å². The topological polar surface area (TPSA) is 58.6 Å². The lowest BCUT2D eigenvalue weighted by Crippen LogP contribution is -2.54. The van der Waals surface area contributed by atoms with E-state index >= 15 is 0 Å². The highest BCUT2D eigenvalue weighted by Crippen LogP contribution is 2.30. The van der Waals surface area contributed by atoms with Crippen molar-refractivity contribution >= 4 is 64.1 Å². The molecule has 2 aromatic rings. The van der Waals surface area contributed by atoms with Gasteiger partial charge in [-0.3, -0.25) is 19.8 Å². The first-order valence-corrected chi connectivity index (χ1v) is 10.5. The molecule has 0 bridgehead atoms. The molecule has 156 valence electrons. The summed E-state index contributed by atoms with van der Waals surface area (Å²) in [5, 5.41) is 3.44. The molecular formula is C22H20Cl2N2O3S. The molecule has 30 heavy (non-hydrogen) atoms. The number of nitrogens with one attached hydrogen (secondary N) is 1. The zero-order valence-corrected chi connectivity index (χ0v) is 19.0. The summed E-state index contributed by atoms with van der Waals surface area (Å²) in [5.41, 5.74) is 1.86. The van der Waals surface area contributed by atoms with Gasteiger partial charge in [0, 0.05) is 5.02 Å². The number of rotatable bonds is 5. The zero-order valence-electron chi connectivity index (χ0n) is 16.7. The van der Waals surface area contributed by atoms with Crippen LogP contribution in [-0.4, -0.2) is 23.0 Å². The molecule has 1 fully saturated rings. The lowest BCUT2D eigenvalue weighted by atomic mass is 10.1. The predicted molar refractivity (Wildman–Crippen MR) is 124 cm³/mol. The first-order valence-electron chi connectivity index (χ1n) is 9.35. The summed E-state index contributed by atoms with van der Waals surface area (Å²) in [6.07, 6.45) is 2.34. The van der Waals surface area contributed by atoms with Gasteiger partial charge in [-0.2, -0.15) is 0 Å². The molecule has 0 aromatic heterocycles. The van der Waals surface area contributed by atoms with Crippen LogP contribution < -0.4 is 15.0 Å². The Labute approximate surface area is 190 Å². The monoisotopic (exact) mass is 462 g/mol. The molecular weight excluding hydrogens is 443 g/mol. The van der Waals surface area contributed by atoms with Crippen molar-refractivity contribution < 1.29 is 14.3 Å². The third-order valence-corrected chi connectivity index (χ3v) is 5.67. The fourth-order valence-electron chi connectivity index (χ4n) is 2.78. The lowest BCUT2D eigenvalue weighted by molar-refractivity contribution is -0.122. The predicted octanol–water partition coefficient (Wildman–Crippen LogP) is 5.31. The van der Waals surface area contributed by atoms with E-state index in [0.717, 1.165) is 12.0 Å². The Bertz CT molecular complexity index is 1070. The van der Waals surface area contributed by atoms with Crippen LogP contribution in [0.3, 0.4) is 0 Å². The number of halogens is 2. The van der Waals surface area contributed by atoms with Crippen molar-refractivity contribution in [2.24, 2.45) is 0 Å². The number of amides is 2. The van der Waals surface area contributed by atoms with E-state index in [1.807, 2.05) is 20.8 Å². The van der Waals surface area contributed by atoms with E-state index in [-0.39, 0.29) is 16.8 Å². The van der Waals surface area contributed by atoms with Gasteiger partial charge in [0.25, 0.3) is 11.8 Å². The summed E-state index contributed by atoms with van der Waals surface area (Å²) in [6.45, 7) is 5.82. The number of aryl methyl sites for hydroxylation is 1. The molecule has 1 aliphatic rings. The Morgan fingerprint density at radius 1 is 1.17 bits per heavy atom. The van der Waals surface area contributed by atoms with Crippen LogP contribution in [0.4, 0.5) is 5.69 Å². The second-order valence-corrected chi connectivity index (χ2v) is 8.12. The minimum atomic E-state index is -0.574. The van der Waals surface area contributed by atoms with Gasteiger partial charge in [-0.05, 0) is 74.0 Å². The van der Waals surface area contributed by atoms with Gasteiger partial charge >= 0.3 is 0 Å². The third kappa shape index (κ3) is 4.67. The maximum Gasteiger partial charge on any atom is 0.270 e. The normalized spacial score (nSPS) is 16.6. The molecule has 5 nitrogen and oxygen atoms in total. The number of anilines is 1. The molecule has 0 saturated carbocycles. The minimum absolute atomic E-state index is 0.00240. The summed E-state index contributed by atoms with van der Waals surface area (Å²) < 4.78 is 5.75. The van der Waals surface area contributed by atoms with Gasteiger partial charge < -0.3 is 4.74 Å². The maximum atomic E-state index is 13.1. The van der Waals surface area contributed by atoms with Gasteiger partial charge in [-0.25, -0.2) is 0 Å². The molecule has 1 saturated heterocycles. The summed E-state index contributed by atoms with van der Waals surface area (Å²) in [6, 6.07) is 10.2. The molecule has 8 heteroatoms. The van der Waals surface area contributed by atoms with E-state index in [4.69, 9.17) is 40.2 Å². The van der Waals surface area contributed by atoms with Crippen molar-refractivity contribution in [2.45, 2.75) is 33.3 Å². The van der Waals surface area contributed by atoms with Crippen LogP contribution in [0.25, 0.3) is 6.08 Å². The number of ether oxygens (including phenoxy) is 1. The Balaban J connectivity index is 1.94. The number of hydrogen-bond acceptors (Lipinski definition) is 4. The molecule has 1 aliphatic heterocycles. The van der Waals surface area contributed by atoms with E-state index in [1.165, 1.54) is 11.0 Å². The molecule has 2 amide bonds. The number of nitrogens with zero attached hydrogens (tertiary/aromatic N) is 1. The fraction of sp³-hybridized carbons (Fsp3) is 0.227. The van der Waals surface area contributed by atoms with Crippen LogP contribution in [0.1, 0.15) is 31.4 Å². The number of carbonyl (C=O) groups is 2. The molecule has 0 spiro atoms. The van der Waals surface area contributed by atoms with Crippen LogP contribution >= 0.6 is 35.4 Å². The van der Waals surface area contributed by atoms with E-state index in [2.05, 4.69) is 5.32 Å². The number of hydrogen-bond donors (Lipinski definition) is 1. The van der Waals surface area contributed by atoms with Crippen molar-refractivity contribution in [2.75, 3.05) is 4.90 Å². The first kappa shape index (κ1) is 22.3. The van der Waals surface area contributed by atoms with Gasteiger partial charge in [-0.1, -0.05) is 42.3 Å². The number of benzene rings is 2. The van der Waals surface area contributed by atoms with Crippen LogP contribution in [0.15, 0.2) is 42.0 Å². The van der Waals surface area contributed by atoms with Gasteiger partial charge in [0.15, 0.2) is 5.11 Å². The summed E-state index contributed by atoms with van der Waals surface area (Å²) >= 11 is 17.7. The van der Waals surface area contributed by atoms with Crippen molar-refractivity contribution in [3.05, 3.63) is 63.1 Å². The number of carbonyl (C=O) groups excluding carboxylic acids is 2. The Morgan fingerprint density at radius 3 is 2.53 bits per heavy atom. The van der Waals surface area contributed by atoms with Crippen LogP contribution in [0.2, 0.25) is 10.0 Å². The van der Waals surface area contributed by atoms with E-state index in [9.17, 15) is 9.59 Å². The van der Waals surface area contributed by atoms with Crippen LogP contribution in [0.5, 0.6) is 5.75 Å². The quantitative estimate of drug-likeness (QED) is 0.371. The summed E-state index contributed by atoms with van der Waals surface area (Å²) in [5.74, 6) is -0.570. The highest BCUT2D eigenvalue weighted by molar-refractivity contribution is 7.80. The van der Waals surface area contributed by atoms with Crippen molar-refractivity contribution in [1.82, 2.24) is 5.32 Å². The highest BCUT2D eigenvalue weighted by atomic mass is 35.5. The summed E-state index contributed by atoms with van der Waals surface area (Å²) in [4.78, 5) is 26.8. The summed E-state index contributed by atoms with van der Waals surface area (Å²) in [7, 11) is 0. The average Bonchev–Trinajstić information content (AvgIpc) is 2.69. The Kier molecular flexibility index (Phi) is 6.81. The maximum absolute atomic E-state index is 13.1. The van der Waals surface area contributed by atoms with E-state index < -0.39 is 11.8 Å². The number of thiocarbonyl (C=S) groups is 1. The largest absolute Gasteiger partial charge is 0.489 e. The smallest absolute Gasteiger partial charge is 0.270 e. The fourth-order valence-corrected chi connectivity index (χ4v) is 3.47. The molecule has 0 aliphatic carbocycles. The van der Waals surface area contributed by atoms with Gasteiger partial charge in [0.05, 0.1) is 16.8 Å². The molecule has 2 aromatic carbocycles. The highest BCUT2D eigenvalue weighted by Gasteiger charge is 2.34. The second-order valence-electron chi connectivity index (χ2n) is 6.92. The second kappa shape index (κ2) is 9.16.